The number of hydrogen-bond acceptors (Lipinski definition) is 10. The third-order valence-corrected chi connectivity index (χ3v) is 4.35. The summed E-state index contributed by atoms with van der Waals surface area (Å²) in [4.78, 5) is 0. The summed E-state index contributed by atoms with van der Waals surface area (Å²) in [5.41, 5.74) is 0. The summed E-state index contributed by atoms with van der Waals surface area (Å²) in [5.74, 6) is -0.678. The maximum Gasteiger partial charge on any atom is 0.187 e. The summed E-state index contributed by atoms with van der Waals surface area (Å²) in [6, 6.07) is 0. The Bertz CT molecular complexity index is 378. The third-order valence-electron chi connectivity index (χ3n) is 4.35. The SMILES string of the molecule is CC1C(O)[C@@H](O)OC(CO)[C@H]1O[C@@H]1OC(CO)[C@H](O)C(O)C1O. The molecule has 0 aromatic rings. The summed E-state index contributed by atoms with van der Waals surface area (Å²) >= 11 is 0. The van der Waals surface area contributed by atoms with E-state index in [1.54, 1.807) is 6.92 Å². The molecule has 2 fully saturated rings. The molecule has 6 unspecified atom stereocenters. The Balaban J connectivity index is 2.11. The highest BCUT2D eigenvalue weighted by Gasteiger charge is 2.49. The molecule has 2 aliphatic rings. The Labute approximate surface area is 132 Å². The van der Waals surface area contributed by atoms with E-state index in [-0.39, 0.29) is 0 Å². The van der Waals surface area contributed by atoms with E-state index in [2.05, 4.69) is 0 Å². The van der Waals surface area contributed by atoms with E-state index in [1.807, 2.05) is 0 Å². The standard InChI is InChI=1S/C13H24O10/c1-4-7(16)12(20)21-6(3-15)11(4)23-13-10(19)9(18)8(17)5(2-14)22-13/h4-20H,2-3H2,1H3/t4?,5?,6?,7?,8-,9?,10?,11-,12-,13-/m0/s1. The lowest BCUT2D eigenvalue weighted by atomic mass is 9.90. The van der Waals surface area contributed by atoms with E-state index in [1.165, 1.54) is 0 Å². The second kappa shape index (κ2) is 7.66. The van der Waals surface area contributed by atoms with Crippen LogP contribution in [-0.4, -0.2) is 104 Å². The van der Waals surface area contributed by atoms with E-state index in [9.17, 15) is 30.6 Å². The summed E-state index contributed by atoms with van der Waals surface area (Å²) in [5, 5.41) is 67.3. The van der Waals surface area contributed by atoms with Crippen LogP contribution in [0.1, 0.15) is 6.92 Å². The zero-order valence-electron chi connectivity index (χ0n) is 12.5. The molecule has 2 heterocycles. The minimum atomic E-state index is -1.61. The molecular weight excluding hydrogens is 316 g/mol. The maximum absolute atomic E-state index is 9.96. The highest BCUT2D eigenvalue weighted by molar-refractivity contribution is 4.92. The lowest BCUT2D eigenvalue weighted by Crippen LogP contribution is -2.62. The molecule has 10 heteroatoms. The minimum absolute atomic E-state index is 0.518. The fourth-order valence-corrected chi connectivity index (χ4v) is 2.82. The average Bonchev–Trinajstić information content (AvgIpc) is 2.55. The van der Waals surface area contributed by atoms with Gasteiger partial charge in [-0.05, 0) is 0 Å². The Morgan fingerprint density at radius 2 is 1.39 bits per heavy atom. The number of rotatable bonds is 4. The summed E-state index contributed by atoms with van der Waals surface area (Å²) in [7, 11) is 0. The molecule has 10 atom stereocenters. The van der Waals surface area contributed by atoms with Gasteiger partial charge in [0.15, 0.2) is 12.6 Å². The molecule has 0 spiro atoms. The quantitative estimate of drug-likeness (QED) is 0.267. The van der Waals surface area contributed by atoms with Gasteiger partial charge < -0.3 is 50.0 Å². The monoisotopic (exact) mass is 340 g/mol. The van der Waals surface area contributed by atoms with Crippen molar-refractivity contribution < 1.29 is 50.0 Å². The number of aliphatic hydroxyl groups excluding tert-OH is 7. The Morgan fingerprint density at radius 3 is 1.96 bits per heavy atom. The molecule has 10 nitrogen and oxygen atoms in total. The van der Waals surface area contributed by atoms with Crippen molar-refractivity contribution in [3.05, 3.63) is 0 Å². The predicted molar refractivity (Wildman–Crippen MR) is 71.8 cm³/mol. The first kappa shape index (κ1) is 18.9. The van der Waals surface area contributed by atoms with Crippen molar-refractivity contribution in [3.63, 3.8) is 0 Å². The van der Waals surface area contributed by atoms with E-state index in [0.29, 0.717) is 0 Å². The Kier molecular flexibility index (Phi) is 6.30. The first-order chi connectivity index (χ1) is 10.8. The van der Waals surface area contributed by atoms with Gasteiger partial charge >= 0.3 is 0 Å². The normalized spacial score (nSPS) is 51.7. The van der Waals surface area contributed by atoms with Crippen LogP contribution >= 0.6 is 0 Å². The molecule has 0 radical (unpaired) electrons. The molecule has 2 aliphatic heterocycles. The highest BCUT2D eigenvalue weighted by atomic mass is 16.7. The first-order valence-corrected chi connectivity index (χ1v) is 7.40. The number of hydrogen-bond donors (Lipinski definition) is 7. The lowest BCUT2D eigenvalue weighted by Gasteiger charge is -2.45. The van der Waals surface area contributed by atoms with Gasteiger partial charge in [0.05, 0.1) is 19.3 Å². The summed E-state index contributed by atoms with van der Waals surface area (Å²) in [6.45, 7) is 0.427. The largest absolute Gasteiger partial charge is 0.394 e. The number of ether oxygens (including phenoxy) is 3. The van der Waals surface area contributed by atoms with Crippen LogP contribution in [0, 0.1) is 5.92 Å². The van der Waals surface area contributed by atoms with Crippen LogP contribution in [0.4, 0.5) is 0 Å². The molecule has 0 aliphatic carbocycles. The fraction of sp³-hybridized carbons (Fsp3) is 1.00. The van der Waals surface area contributed by atoms with E-state index in [0.717, 1.165) is 0 Å². The van der Waals surface area contributed by atoms with Gasteiger partial charge in [-0.1, -0.05) is 6.92 Å². The zero-order valence-corrected chi connectivity index (χ0v) is 12.5. The second-order valence-corrected chi connectivity index (χ2v) is 5.90. The molecule has 0 amide bonds. The number of aliphatic hydroxyl groups is 7. The molecule has 23 heavy (non-hydrogen) atoms. The van der Waals surface area contributed by atoms with Crippen molar-refractivity contribution in [2.45, 2.75) is 62.2 Å². The van der Waals surface area contributed by atoms with Crippen molar-refractivity contribution in [2.24, 2.45) is 5.92 Å². The first-order valence-electron chi connectivity index (χ1n) is 7.40. The minimum Gasteiger partial charge on any atom is -0.394 e. The Morgan fingerprint density at radius 1 is 0.783 bits per heavy atom. The van der Waals surface area contributed by atoms with E-state index >= 15 is 0 Å². The molecule has 0 aromatic carbocycles. The topological polar surface area (TPSA) is 169 Å². The van der Waals surface area contributed by atoms with E-state index < -0.39 is 74.4 Å². The lowest BCUT2D eigenvalue weighted by molar-refractivity contribution is -0.348. The fourth-order valence-electron chi connectivity index (χ4n) is 2.82. The molecule has 2 rings (SSSR count). The van der Waals surface area contributed by atoms with Crippen molar-refractivity contribution >= 4 is 0 Å². The Hall–Kier alpha value is -0.400. The van der Waals surface area contributed by atoms with Crippen LogP contribution in [0.3, 0.4) is 0 Å². The molecule has 2 saturated heterocycles. The van der Waals surface area contributed by atoms with Crippen LogP contribution in [0.2, 0.25) is 0 Å². The smallest absolute Gasteiger partial charge is 0.187 e. The predicted octanol–water partition coefficient (Wildman–Crippen LogP) is -4.12. The van der Waals surface area contributed by atoms with Crippen molar-refractivity contribution in [3.8, 4) is 0 Å². The van der Waals surface area contributed by atoms with Crippen LogP contribution in [0.25, 0.3) is 0 Å². The second-order valence-electron chi connectivity index (χ2n) is 5.90. The van der Waals surface area contributed by atoms with Crippen molar-refractivity contribution in [2.75, 3.05) is 13.2 Å². The molecule has 7 N–H and O–H groups in total. The van der Waals surface area contributed by atoms with Gasteiger partial charge in [-0.25, -0.2) is 0 Å². The average molecular weight is 340 g/mol. The van der Waals surface area contributed by atoms with Gasteiger partial charge in [0, 0.05) is 5.92 Å². The van der Waals surface area contributed by atoms with Gasteiger partial charge in [0.2, 0.25) is 0 Å². The van der Waals surface area contributed by atoms with Gasteiger partial charge in [-0.2, -0.15) is 0 Å². The van der Waals surface area contributed by atoms with Crippen molar-refractivity contribution in [1.29, 1.82) is 0 Å². The maximum atomic E-state index is 9.96. The van der Waals surface area contributed by atoms with Gasteiger partial charge in [0.1, 0.15) is 36.6 Å². The van der Waals surface area contributed by atoms with Crippen LogP contribution in [0.15, 0.2) is 0 Å². The van der Waals surface area contributed by atoms with Crippen LogP contribution < -0.4 is 0 Å². The van der Waals surface area contributed by atoms with Crippen LogP contribution in [0.5, 0.6) is 0 Å². The van der Waals surface area contributed by atoms with Gasteiger partial charge in [-0.3, -0.25) is 0 Å². The van der Waals surface area contributed by atoms with Gasteiger partial charge in [-0.15, -0.1) is 0 Å². The summed E-state index contributed by atoms with van der Waals surface area (Å²) in [6.07, 6.45) is -12.0. The van der Waals surface area contributed by atoms with Crippen LogP contribution in [-0.2, 0) is 14.2 Å². The zero-order chi connectivity index (χ0) is 17.3. The highest BCUT2D eigenvalue weighted by Crippen LogP contribution is 2.31. The molecular formula is C13H24O10. The molecule has 136 valence electrons. The molecule has 0 bridgehead atoms. The summed E-state index contributed by atoms with van der Waals surface area (Å²) < 4.78 is 15.8. The third kappa shape index (κ3) is 3.66. The van der Waals surface area contributed by atoms with Crippen molar-refractivity contribution in [1.82, 2.24) is 0 Å². The molecule has 0 aromatic heterocycles. The van der Waals surface area contributed by atoms with Gasteiger partial charge in [0.25, 0.3) is 0 Å². The van der Waals surface area contributed by atoms with E-state index in [4.69, 9.17) is 19.3 Å². The molecule has 0 saturated carbocycles.